The lowest BCUT2D eigenvalue weighted by atomic mass is 9.99. The number of benzene rings is 1. The first kappa shape index (κ1) is 16.6. The van der Waals surface area contributed by atoms with Crippen LogP contribution in [0.5, 0.6) is 0 Å². The molecule has 2 nitrogen and oxygen atoms in total. The maximum atomic E-state index is 13.0. The number of carbonyl (C=O) groups is 1. The van der Waals surface area contributed by atoms with Crippen LogP contribution in [0.4, 0.5) is 26.3 Å². The average molecular weight is 325 g/mol. The second-order valence-electron chi connectivity index (χ2n) is 5.24. The summed E-state index contributed by atoms with van der Waals surface area (Å²) >= 11 is 0. The summed E-state index contributed by atoms with van der Waals surface area (Å²) in [6.45, 7) is 0.916. The zero-order chi connectivity index (χ0) is 16.7. The Hall–Kier alpha value is -1.73. The van der Waals surface area contributed by atoms with Gasteiger partial charge in [-0.25, -0.2) is 0 Å². The van der Waals surface area contributed by atoms with Crippen LogP contribution in [-0.2, 0) is 23.7 Å². The van der Waals surface area contributed by atoms with Gasteiger partial charge in [-0.3, -0.25) is 4.79 Å². The molecule has 1 atom stereocenters. The molecule has 1 unspecified atom stereocenters. The topological polar surface area (TPSA) is 20.3 Å². The first-order chi connectivity index (χ1) is 10.0. The minimum Gasteiger partial charge on any atom is -0.336 e. The van der Waals surface area contributed by atoms with Gasteiger partial charge in [0.15, 0.2) is 0 Å². The van der Waals surface area contributed by atoms with Crippen LogP contribution < -0.4 is 0 Å². The summed E-state index contributed by atoms with van der Waals surface area (Å²) in [5, 5.41) is 0. The number of hydrogen-bond acceptors (Lipinski definition) is 1. The van der Waals surface area contributed by atoms with Gasteiger partial charge >= 0.3 is 12.4 Å². The first-order valence-corrected chi connectivity index (χ1v) is 6.57. The zero-order valence-corrected chi connectivity index (χ0v) is 11.6. The highest BCUT2D eigenvalue weighted by Crippen LogP contribution is 2.40. The molecule has 0 spiro atoms. The zero-order valence-electron chi connectivity index (χ0n) is 11.6. The van der Waals surface area contributed by atoms with Crippen LogP contribution in [0.3, 0.4) is 0 Å². The van der Waals surface area contributed by atoms with Crippen molar-refractivity contribution in [1.29, 1.82) is 0 Å². The molecule has 1 saturated heterocycles. The molecular formula is C14H13F6NO. The Morgan fingerprint density at radius 3 is 1.95 bits per heavy atom. The highest BCUT2D eigenvalue weighted by Gasteiger charge is 2.42. The number of hydrogen-bond donors (Lipinski definition) is 0. The van der Waals surface area contributed by atoms with Gasteiger partial charge in [-0.15, -0.1) is 0 Å². The highest BCUT2D eigenvalue weighted by molar-refractivity contribution is 5.78. The fourth-order valence-electron chi connectivity index (χ4n) is 2.58. The van der Waals surface area contributed by atoms with Crippen molar-refractivity contribution < 1.29 is 31.1 Å². The summed E-state index contributed by atoms with van der Waals surface area (Å²) in [7, 11) is 0. The molecule has 0 radical (unpaired) electrons. The molecule has 0 bridgehead atoms. The lowest BCUT2D eigenvalue weighted by Gasteiger charge is -2.26. The fraction of sp³-hybridized carbons (Fsp3) is 0.500. The van der Waals surface area contributed by atoms with E-state index in [0.717, 1.165) is 11.0 Å². The van der Waals surface area contributed by atoms with Gasteiger partial charge in [-0.1, -0.05) is 6.07 Å². The number of amides is 1. The van der Waals surface area contributed by atoms with Crippen molar-refractivity contribution in [3.05, 3.63) is 34.9 Å². The van der Waals surface area contributed by atoms with E-state index in [1.54, 1.807) is 6.92 Å². The van der Waals surface area contributed by atoms with Crippen LogP contribution in [-0.4, -0.2) is 16.8 Å². The molecule has 1 aliphatic rings. The number of likely N-dealkylation sites (tertiary alicyclic amines) is 1. The van der Waals surface area contributed by atoms with E-state index in [1.807, 2.05) is 0 Å². The summed E-state index contributed by atoms with van der Waals surface area (Å²) in [6.07, 6.45) is -9.27. The first-order valence-electron chi connectivity index (χ1n) is 6.57. The SMILES string of the molecule is CC1CCC(=O)N1Cc1c(C(F)(F)F)cccc1C(F)(F)F. The van der Waals surface area contributed by atoms with Crippen molar-refractivity contribution >= 4 is 5.91 Å². The summed E-state index contributed by atoms with van der Waals surface area (Å²) in [4.78, 5) is 12.7. The van der Waals surface area contributed by atoms with Crippen LogP contribution in [0.2, 0.25) is 0 Å². The third-order valence-corrected chi connectivity index (χ3v) is 3.74. The lowest BCUT2D eigenvalue weighted by Crippen LogP contribution is -2.32. The van der Waals surface area contributed by atoms with Crippen LogP contribution in [0.15, 0.2) is 18.2 Å². The average Bonchev–Trinajstić information content (AvgIpc) is 2.68. The standard InChI is InChI=1S/C14H13F6NO/c1-8-5-6-12(22)21(8)7-9-10(13(15,16)17)3-2-4-11(9)14(18,19)20/h2-4,8H,5-7H2,1H3. The lowest BCUT2D eigenvalue weighted by molar-refractivity contribution is -0.146. The number of halogens is 6. The van der Waals surface area contributed by atoms with Crippen molar-refractivity contribution in [2.45, 2.75) is 44.7 Å². The molecule has 1 amide bonds. The molecule has 1 aliphatic heterocycles. The molecule has 122 valence electrons. The van der Waals surface area contributed by atoms with Gasteiger partial charge < -0.3 is 4.90 Å². The van der Waals surface area contributed by atoms with Crippen molar-refractivity contribution in [3.8, 4) is 0 Å². The van der Waals surface area contributed by atoms with Gasteiger partial charge in [0.05, 0.1) is 11.1 Å². The molecular weight excluding hydrogens is 312 g/mol. The molecule has 0 aromatic heterocycles. The number of nitrogens with zero attached hydrogens (tertiary/aromatic N) is 1. The Labute approximate surface area is 122 Å². The fourth-order valence-corrected chi connectivity index (χ4v) is 2.58. The van der Waals surface area contributed by atoms with Crippen molar-refractivity contribution in [2.75, 3.05) is 0 Å². The Morgan fingerprint density at radius 1 is 1.09 bits per heavy atom. The second kappa shape index (κ2) is 5.48. The quantitative estimate of drug-likeness (QED) is 0.745. The predicted molar refractivity (Wildman–Crippen MR) is 65.7 cm³/mol. The van der Waals surface area contributed by atoms with Crippen molar-refractivity contribution in [3.63, 3.8) is 0 Å². The Bertz CT molecular complexity index is 545. The van der Waals surface area contributed by atoms with Crippen LogP contribution in [0, 0.1) is 0 Å². The minimum atomic E-state index is -4.91. The van der Waals surface area contributed by atoms with E-state index in [2.05, 4.69) is 0 Å². The molecule has 1 aromatic rings. The highest BCUT2D eigenvalue weighted by atomic mass is 19.4. The van der Waals surface area contributed by atoms with Gasteiger partial charge in [-0.2, -0.15) is 26.3 Å². The normalized spacial score (nSPS) is 19.9. The largest absolute Gasteiger partial charge is 0.416 e. The molecule has 2 rings (SSSR count). The molecule has 1 aromatic carbocycles. The predicted octanol–water partition coefficient (Wildman–Crippen LogP) is 4.24. The van der Waals surface area contributed by atoms with Gasteiger partial charge in [-0.05, 0) is 31.0 Å². The van der Waals surface area contributed by atoms with E-state index >= 15 is 0 Å². The molecule has 8 heteroatoms. The van der Waals surface area contributed by atoms with E-state index in [0.29, 0.717) is 18.6 Å². The summed E-state index contributed by atoms with van der Waals surface area (Å²) in [5.41, 5.74) is -3.60. The minimum absolute atomic E-state index is 0.136. The third kappa shape index (κ3) is 3.20. The van der Waals surface area contributed by atoms with E-state index in [9.17, 15) is 31.1 Å². The van der Waals surface area contributed by atoms with E-state index in [1.165, 1.54) is 0 Å². The van der Waals surface area contributed by atoms with Gasteiger partial charge in [0.1, 0.15) is 0 Å². The van der Waals surface area contributed by atoms with E-state index in [-0.39, 0.29) is 12.5 Å². The maximum absolute atomic E-state index is 13.0. The summed E-state index contributed by atoms with van der Waals surface area (Å²) in [5.74, 6) is -0.433. The van der Waals surface area contributed by atoms with Gasteiger partial charge in [0.25, 0.3) is 0 Å². The van der Waals surface area contributed by atoms with Crippen LogP contribution >= 0.6 is 0 Å². The van der Waals surface area contributed by atoms with Gasteiger partial charge in [0.2, 0.25) is 5.91 Å². The third-order valence-electron chi connectivity index (χ3n) is 3.74. The Morgan fingerprint density at radius 2 is 1.59 bits per heavy atom. The van der Waals surface area contributed by atoms with Crippen molar-refractivity contribution in [1.82, 2.24) is 4.90 Å². The second-order valence-corrected chi connectivity index (χ2v) is 5.24. The molecule has 1 fully saturated rings. The van der Waals surface area contributed by atoms with E-state index in [4.69, 9.17) is 0 Å². The number of rotatable bonds is 2. The number of carbonyl (C=O) groups excluding carboxylic acids is 1. The number of alkyl halides is 6. The smallest absolute Gasteiger partial charge is 0.336 e. The monoisotopic (exact) mass is 325 g/mol. The Balaban J connectivity index is 2.53. The molecule has 1 heterocycles. The summed E-state index contributed by atoms with van der Waals surface area (Å²) < 4.78 is 78.1. The molecule has 0 aliphatic carbocycles. The molecule has 0 saturated carbocycles. The Kier molecular flexibility index (Phi) is 4.14. The van der Waals surface area contributed by atoms with Crippen LogP contribution in [0.25, 0.3) is 0 Å². The molecule has 0 N–H and O–H groups in total. The van der Waals surface area contributed by atoms with Crippen LogP contribution in [0.1, 0.15) is 36.5 Å². The van der Waals surface area contributed by atoms with Crippen molar-refractivity contribution in [2.24, 2.45) is 0 Å². The maximum Gasteiger partial charge on any atom is 0.416 e. The molecule has 22 heavy (non-hydrogen) atoms. The van der Waals surface area contributed by atoms with Gasteiger partial charge in [0, 0.05) is 19.0 Å². The summed E-state index contributed by atoms with van der Waals surface area (Å²) in [6, 6.07) is 1.56. The van der Waals surface area contributed by atoms with E-state index < -0.39 is 41.5 Å².